The van der Waals surface area contributed by atoms with Crippen molar-refractivity contribution in [1.29, 1.82) is 0 Å². The van der Waals surface area contributed by atoms with Gasteiger partial charge in [-0.1, -0.05) is 0 Å². The van der Waals surface area contributed by atoms with E-state index in [-0.39, 0.29) is 24.5 Å². The number of rotatable bonds is 3. The first-order valence-electron chi connectivity index (χ1n) is 6.98. The summed E-state index contributed by atoms with van der Waals surface area (Å²) in [7, 11) is 1.71. The van der Waals surface area contributed by atoms with Crippen LogP contribution in [0.5, 0.6) is 0 Å². The van der Waals surface area contributed by atoms with Crippen molar-refractivity contribution in [1.82, 2.24) is 20.0 Å². The minimum Gasteiger partial charge on any atom is -0.342 e. The molecule has 0 aromatic heterocycles. The molecule has 112 valence electrons. The largest absolute Gasteiger partial charge is 0.342 e. The lowest BCUT2D eigenvalue weighted by molar-refractivity contribution is -0.161. The van der Waals surface area contributed by atoms with Gasteiger partial charge in [-0.3, -0.25) is 14.4 Å². The van der Waals surface area contributed by atoms with Crippen molar-refractivity contribution in [2.75, 3.05) is 39.8 Å². The van der Waals surface area contributed by atoms with E-state index in [1.165, 1.54) is 4.90 Å². The van der Waals surface area contributed by atoms with Crippen LogP contribution >= 0.6 is 0 Å². The molecule has 1 atom stereocenters. The molecule has 0 aliphatic carbocycles. The fourth-order valence-electron chi connectivity index (χ4n) is 2.49. The van der Waals surface area contributed by atoms with Crippen LogP contribution in [-0.4, -0.2) is 84.3 Å². The van der Waals surface area contributed by atoms with E-state index < -0.39 is 11.8 Å². The second-order valence-corrected chi connectivity index (χ2v) is 5.64. The molecule has 0 aromatic carbocycles. The Kier molecular flexibility index (Phi) is 4.27. The molecule has 3 amide bonds. The summed E-state index contributed by atoms with van der Waals surface area (Å²) >= 11 is 0. The maximum atomic E-state index is 12.1. The number of amides is 3. The number of fused-ring (bicyclic) bond motifs is 1. The molecule has 2 fully saturated rings. The summed E-state index contributed by atoms with van der Waals surface area (Å²) in [6.07, 6.45) is 0. The molecule has 2 aliphatic rings. The molecule has 7 heteroatoms. The Morgan fingerprint density at radius 1 is 1.40 bits per heavy atom. The normalized spacial score (nSPS) is 23.1. The van der Waals surface area contributed by atoms with Crippen LogP contribution in [0.3, 0.4) is 0 Å². The molecule has 20 heavy (non-hydrogen) atoms. The van der Waals surface area contributed by atoms with Crippen molar-refractivity contribution in [3.63, 3.8) is 0 Å². The van der Waals surface area contributed by atoms with Crippen LogP contribution in [-0.2, 0) is 14.4 Å². The van der Waals surface area contributed by atoms with Crippen LogP contribution in [0, 0.1) is 0 Å². The molecule has 1 N–H and O–H groups in total. The molecule has 1 unspecified atom stereocenters. The van der Waals surface area contributed by atoms with Gasteiger partial charge < -0.3 is 20.0 Å². The van der Waals surface area contributed by atoms with E-state index in [0.29, 0.717) is 26.2 Å². The van der Waals surface area contributed by atoms with Crippen LogP contribution < -0.4 is 5.32 Å². The lowest BCUT2D eigenvalue weighted by atomic mass is 10.1. The zero-order valence-corrected chi connectivity index (χ0v) is 12.3. The monoisotopic (exact) mass is 282 g/mol. The highest BCUT2D eigenvalue weighted by Gasteiger charge is 2.40. The summed E-state index contributed by atoms with van der Waals surface area (Å²) in [5, 5.41) is 3.21. The van der Waals surface area contributed by atoms with Crippen molar-refractivity contribution in [2.45, 2.75) is 25.9 Å². The first kappa shape index (κ1) is 14.8. The summed E-state index contributed by atoms with van der Waals surface area (Å²) in [4.78, 5) is 40.7. The summed E-state index contributed by atoms with van der Waals surface area (Å²) in [5.74, 6) is -1.19. The quantitative estimate of drug-likeness (QED) is 0.639. The van der Waals surface area contributed by atoms with E-state index in [0.717, 1.165) is 0 Å². The third-order valence-electron chi connectivity index (χ3n) is 4.01. The molecule has 2 heterocycles. The summed E-state index contributed by atoms with van der Waals surface area (Å²) in [6, 6.07) is 0.0528. The van der Waals surface area contributed by atoms with Gasteiger partial charge in [0.15, 0.2) is 0 Å². The number of nitrogens with zero attached hydrogens (tertiary/aromatic N) is 3. The topological polar surface area (TPSA) is 73.0 Å². The number of likely N-dealkylation sites (N-methyl/N-ethyl adjacent to an activating group) is 1. The third kappa shape index (κ3) is 2.77. The Labute approximate surface area is 118 Å². The zero-order chi connectivity index (χ0) is 14.9. The highest BCUT2D eigenvalue weighted by Crippen LogP contribution is 2.14. The number of nitrogens with one attached hydrogen (secondary N) is 1. The SMILES string of the molecule is CC(C)N(C)C(=O)CN1CC2CNCCN2C(=O)C1=O. The Balaban J connectivity index is 2.03. The molecule has 0 bridgehead atoms. The van der Waals surface area contributed by atoms with Gasteiger partial charge in [-0.2, -0.15) is 0 Å². The van der Waals surface area contributed by atoms with Crippen molar-refractivity contribution in [3.8, 4) is 0 Å². The van der Waals surface area contributed by atoms with Gasteiger partial charge in [0.25, 0.3) is 0 Å². The Bertz CT molecular complexity index is 424. The van der Waals surface area contributed by atoms with Crippen LogP contribution in [0.2, 0.25) is 0 Å². The van der Waals surface area contributed by atoms with E-state index in [9.17, 15) is 14.4 Å². The van der Waals surface area contributed by atoms with Gasteiger partial charge in [0.2, 0.25) is 5.91 Å². The molecule has 0 spiro atoms. The van der Waals surface area contributed by atoms with Crippen molar-refractivity contribution in [2.24, 2.45) is 0 Å². The number of carbonyl (C=O) groups is 3. The highest BCUT2D eigenvalue weighted by molar-refractivity contribution is 6.35. The van der Waals surface area contributed by atoms with Crippen LogP contribution in [0.1, 0.15) is 13.8 Å². The standard InChI is InChI=1S/C13H22N4O3/c1-9(2)15(3)11(18)8-16-7-10-6-14-4-5-17(10)13(20)12(16)19/h9-10,14H,4-8H2,1-3H3. The molecule has 2 saturated heterocycles. The fourth-order valence-corrected chi connectivity index (χ4v) is 2.49. The number of piperazine rings is 2. The third-order valence-corrected chi connectivity index (χ3v) is 4.01. The smallest absolute Gasteiger partial charge is 0.312 e. The number of hydrogen-bond acceptors (Lipinski definition) is 4. The van der Waals surface area contributed by atoms with Gasteiger partial charge >= 0.3 is 11.8 Å². The van der Waals surface area contributed by atoms with Gasteiger partial charge in [-0.15, -0.1) is 0 Å². The van der Waals surface area contributed by atoms with E-state index in [1.54, 1.807) is 16.8 Å². The van der Waals surface area contributed by atoms with Crippen LogP contribution in [0.15, 0.2) is 0 Å². The molecule has 2 rings (SSSR count). The molecule has 0 radical (unpaired) electrons. The minimum atomic E-state index is -0.561. The molecule has 0 aromatic rings. The van der Waals surface area contributed by atoms with Gasteiger partial charge in [0.1, 0.15) is 6.54 Å². The average Bonchev–Trinajstić information content (AvgIpc) is 2.43. The minimum absolute atomic E-state index is 0.0221. The maximum absolute atomic E-state index is 12.1. The molecular formula is C13H22N4O3. The average molecular weight is 282 g/mol. The van der Waals surface area contributed by atoms with Gasteiger partial charge in [-0.05, 0) is 13.8 Å². The Morgan fingerprint density at radius 3 is 2.75 bits per heavy atom. The first-order valence-corrected chi connectivity index (χ1v) is 6.98. The second kappa shape index (κ2) is 5.78. The molecule has 2 aliphatic heterocycles. The van der Waals surface area contributed by atoms with Gasteiger partial charge in [0, 0.05) is 39.3 Å². The Morgan fingerprint density at radius 2 is 2.10 bits per heavy atom. The Hall–Kier alpha value is -1.63. The predicted molar refractivity (Wildman–Crippen MR) is 72.9 cm³/mol. The van der Waals surface area contributed by atoms with E-state index in [1.807, 2.05) is 13.8 Å². The van der Waals surface area contributed by atoms with E-state index >= 15 is 0 Å². The summed E-state index contributed by atoms with van der Waals surface area (Å²) in [6.45, 7) is 6.16. The molecular weight excluding hydrogens is 260 g/mol. The lowest BCUT2D eigenvalue weighted by Gasteiger charge is -2.43. The number of carbonyl (C=O) groups excluding carboxylic acids is 3. The fraction of sp³-hybridized carbons (Fsp3) is 0.769. The van der Waals surface area contributed by atoms with Crippen molar-refractivity contribution >= 4 is 17.7 Å². The second-order valence-electron chi connectivity index (χ2n) is 5.64. The van der Waals surface area contributed by atoms with Crippen LogP contribution in [0.25, 0.3) is 0 Å². The first-order chi connectivity index (χ1) is 9.41. The van der Waals surface area contributed by atoms with Gasteiger partial charge in [-0.25, -0.2) is 0 Å². The molecule has 7 nitrogen and oxygen atoms in total. The highest BCUT2D eigenvalue weighted by atomic mass is 16.2. The van der Waals surface area contributed by atoms with Crippen molar-refractivity contribution in [3.05, 3.63) is 0 Å². The van der Waals surface area contributed by atoms with E-state index in [4.69, 9.17) is 0 Å². The van der Waals surface area contributed by atoms with Crippen molar-refractivity contribution < 1.29 is 14.4 Å². The summed E-state index contributed by atoms with van der Waals surface area (Å²) in [5.41, 5.74) is 0. The van der Waals surface area contributed by atoms with Gasteiger partial charge in [0.05, 0.1) is 6.04 Å². The predicted octanol–water partition coefficient (Wildman–Crippen LogP) is -1.50. The number of hydrogen-bond donors (Lipinski definition) is 1. The van der Waals surface area contributed by atoms with E-state index in [2.05, 4.69) is 5.32 Å². The maximum Gasteiger partial charge on any atom is 0.312 e. The lowest BCUT2D eigenvalue weighted by Crippen LogP contribution is -2.66. The molecule has 0 saturated carbocycles. The zero-order valence-electron chi connectivity index (χ0n) is 12.3. The summed E-state index contributed by atoms with van der Waals surface area (Å²) < 4.78 is 0. The van der Waals surface area contributed by atoms with Crippen LogP contribution in [0.4, 0.5) is 0 Å².